The maximum Gasteiger partial charge on any atom is 0.0646 e. The highest BCUT2D eigenvalue weighted by Gasteiger charge is 2.11. The summed E-state index contributed by atoms with van der Waals surface area (Å²) in [5, 5.41) is 1.32. The van der Waals surface area contributed by atoms with Crippen LogP contribution in [0.15, 0.2) is 28.3 Å². The van der Waals surface area contributed by atoms with Gasteiger partial charge in [-0.3, -0.25) is 2.78 Å². The van der Waals surface area contributed by atoms with Gasteiger partial charge in [-0.15, -0.1) is 0 Å². The summed E-state index contributed by atoms with van der Waals surface area (Å²) in [6.07, 6.45) is 4.38. The van der Waals surface area contributed by atoms with Crippen LogP contribution in [0.3, 0.4) is 0 Å². The summed E-state index contributed by atoms with van der Waals surface area (Å²) in [5.74, 6) is 0. The van der Waals surface area contributed by atoms with Gasteiger partial charge in [0.25, 0.3) is 0 Å². The summed E-state index contributed by atoms with van der Waals surface area (Å²) >= 11 is 2.36. The summed E-state index contributed by atoms with van der Waals surface area (Å²) in [6.45, 7) is 0. The molecule has 3 rings (SSSR count). The third-order valence-corrected chi connectivity index (χ3v) is 4.87. The molecule has 0 spiro atoms. The van der Waals surface area contributed by atoms with Crippen molar-refractivity contribution in [2.75, 3.05) is 0 Å². The molecular formula is C12H7I2N. The SMILES string of the molecule is In1c2c(c3ccccc31)C=C=IC=C2. The standard InChI is InChI=1S/C12H7I2N/c13-15-11-4-2-1-3-9(11)10-5-7-14-8-6-12(10)15/h1-6,8H. The van der Waals surface area contributed by atoms with E-state index in [4.69, 9.17) is 0 Å². The van der Waals surface area contributed by atoms with Crippen molar-refractivity contribution in [1.29, 1.82) is 0 Å². The van der Waals surface area contributed by atoms with E-state index in [1.807, 2.05) is 0 Å². The first-order valence-corrected chi connectivity index (χ1v) is 7.84. The molecular weight excluding hydrogens is 412 g/mol. The van der Waals surface area contributed by atoms with Gasteiger partial charge in [0, 0.05) is 10.9 Å². The van der Waals surface area contributed by atoms with Gasteiger partial charge in [-0.2, -0.15) is 0 Å². The van der Waals surface area contributed by atoms with E-state index in [0.29, 0.717) is 0 Å². The minimum Gasteiger partial charge on any atom is -0.282 e. The molecule has 0 bridgehead atoms. The van der Waals surface area contributed by atoms with E-state index >= 15 is 0 Å². The topological polar surface area (TPSA) is 4.93 Å². The summed E-state index contributed by atoms with van der Waals surface area (Å²) in [6, 6.07) is 8.52. The highest BCUT2D eigenvalue weighted by atomic mass is 127. The second kappa shape index (κ2) is 3.88. The Kier molecular flexibility index (Phi) is 2.54. The number of rotatable bonds is 0. The van der Waals surface area contributed by atoms with Gasteiger partial charge >= 0.3 is 0 Å². The normalized spacial score (nSPS) is 13.7. The molecule has 1 aromatic carbocycles. The quantitative estimate of drug-likeness (QED) is 0.565. The molecule has 0 radical (unpaired) electrons. The molecule has 0 atom stereocenters. The average molecular weight is 419 g/mol. The Morgan fingerprint density at radius 3 is 3.07 bits per heavy atom. The van der Waals surface area contributed by atoms with Crippen LogP contribution in [0.25, 0.3) is 23.1 Å². The number of halogens is 2. The van der Waals surface area contributed by atoms with Crippen molar-refractivity contribution in [3.63, 3.8) is 0 Å². The number of aromatic nitrogens is 1. The summed E-state index contributed by atoms with van der Waals surface area (Å²) in [5.41, 5.74) is 3.89. The largest absolute Gasteiger partial charge is 0.282 e. The van der Waals surface area contributed by atoms with Gasteiger partial charge in [0.1, 0.15) is 0 Å². The van der Waals surface area contributed by atoms with E-state index in [1.54, 1.807) is 0 Å². The Labute approximate surface area is 112 Å². The van der Waals surface area contributed by atoms with Crippen LogP contribution in [0, 0.1) is 0 Å². The predicted molar refractivity (Wildman–Crippen MR) is 83.9 cm³/mol. The molecule has 0 saturated carbocycles. The van der Waals surface area contributed by atoms with E-state index in [2.05, 4.69) is 69.8 Å². The first kappa shape index (κ1) is 9.81. The van der Waals surface area contributed by atoms with E-state index in [1.165, 1.54) is 22.2 Å². The maximum absolute atomic E-state index is 3.39. The van der Waals surface area contributed by atoms with Crippen LogP contribution in [0.1, 0.15) is 11.3 Å². The van der Waals surface area contributed by atoms with Crippen molar-refractivity contribution in [3.8, 4) is 0 Å². The highest BCUT2D eigenvalue weighted by molar-refractivity contribution is 14.2. The fourth-order valence-corrected chi connectivity index (χ4v) is 3.83. The minimum absolute atomic E-state index is 0.00705. The van der Waals surface area contributed by atoms with Gasteiger partial charge in [0.05, 0.1) is 34.1 Å². The minimum atomic E-state index is -0.00705. The van der Waals surface area contributed by atoms with Crippen molar-refractivity contribution in [2.24, 2.45) is 0 Å². The van der Waals surface area contributed by atoms with Gasteiger partial charge < -0.3 is 0 Å². The molecule has 1 nitrogen and oxygen atoms in total. The molecule has 0 fully saturated rings. The van der Waals surface area contributed by atoms with Crippen molar-refractivity contribution in [3.05, 3.63) is 39.6 Å². The van der Waals surface area contributed by atoms with Crippen LogP contribution in [0.5, 0.6) is 0 Å². The van der Waals surface area contributed by atoms with Crippen LogP contribution in [0.4, 0.5) is 0 Å². The van der Waals surface area contributed by atoms with Crippen molar-refractivity contribution < 1.29 is 0 Å². The van der Waals surface area contributed by atoms with Crippen molar-refractivity contribution in [1.82, 2.24) is 2.78 Å². The van der Waals surface area contributed by atoms with Crippen LogP contribution in [-0.2, 0) is 0 Å². The Morgan fingerprint density at radius 1 is 1.27 bits per heavy atom. The smallest absolute Gasteiger partial charge is 0.0646 e. The molecule has 1 aliphatic rings. The molecule has 1 aliphatic heterocycles. The second-order valence-corrected chi connectivity index (χ2v) is 6.18. The predicted octanol–water partition coefficient (Wildman–Crippen LogP) is 4.21. The summed E-state index contributed by atoms with van der Waals surface area (Å²) < 4.78 is 7.88. The second-order valence-electron chi connectivity index (χ2n) is 3.25. The zero-order valence-corrected chi connectivity index (χ0v) is 12.1. The van der Waals surface area contributed by atoms with Gasteiger partial charge in [-0.25, -0.2) is 0 Å². The number of fused-ring (bicyclic) bond motifs is 3. The summed E-state index contributed by atoms with van der Waals surface area (Å²) in [7, 11) is 0. The molecule has 74 valence electrons. The van der Waals surface area contributed by atoms with Crippen LogP contribution in [0.2, 0.25) is 0 Å². The lowest BCUT2D eigenvalue weighted by Gasteiger charge is -1.95. The number of hydrogen-bond donors (Lipinski definition) is 0. The third kappa shape index (κ3) is 1.53. The fraction of sp³-hybridized carbons (Fsp3) is 0. The van der Waals surface area contributed by atoms with Crippen LogP contribution >= 0.6 is 43.6 Å². The van der Waals surface area contributed by atoms with E-state index in [-0.39, 0.29) is 20.7 Å². The van der Waals surface area contributed by atoms with E-state index in [9.17, 15) is 0 Å². The number of benzene rings is 1. The summed E-state index contributed by atoms with van der Waals surface area (Å²) in [4.78, 5) is 0. The average Bonchev–Trinajstić information content (AvgIpc) is 2.48. The number of hydrogen-bond acceptors (Lipinski definition) is 0. The monoisotopic (exact) mass is 419 g/mol. The first-order chi connectivity index (χ1) is 7.38. The molecule has 0 unspecified atom stereocenters. The third-order valence-electron chi connectivity index (χ3n) is 2.44. The van der Waals surface area contributed by atoms with Gasteiger partial charge in [-0.05, 0) is 43.0 Å². The molecule has 1 aromatic heterocycles. The molecule has 15 heavy (non-hydrogen) atoms. The zero-order valence-electron chi connectivity index (χ0n) is 7.74. The van der Waals surface area contributed by atoms with Crippen LogP contribution < -0.4 is 0 Å². The highest BCUT2D eigenvalue weighted by Crippen LogP contribution is 2.31. The lowest BCUT2D eigenvalue weighted by molar-refractivity contribution is 1.38. The van der Waals surface area contributed by atoms with Gasteiger partial charge in [0.2, 0.25) is 0 Å². The van der Waals surface area contributed by atoms with E-state index in [0.717, 1.165) is 0 Å². The molecule has 0 amide bonds. The Bertz CT molecular complexity index is 628. The molecule has 0 saturated heterocycles. The maximum atomic E-state index is 3.39. The van der Waals surface area contributed by atoms with Gasteiger partial charge in [0.15, 0.2) is 0 Å². The number of nitrogens with zero attached hydrogens (tertiary/aromatic N) is 1. The first-order valence-electron chi connectivity index (χ1n) is 4.55. The van der Waals surface area contributed by atoms with Crippen LogP contribution in [-0.4, -0.2) is 6.45 Å². The molecule has 3 heteroatoms. The number of para-hydroxylation sites is 1. The fourth-order valence-electron chi connectivity index (χ4n) is 1.77. The Morgan fingerprint density at radius 2 is 2.13 bits per heavy atom. The Hall–Kier alpha value is -0.390. The van der Waals surface area contributed by atoms with Gasteiger partial charge in [-0.1, -0.05) is 21.9 Å². The zero-order chi connectivity index (χ0) is 10.3. The lowest BCUT2D eigenvalue weighted by Crippen LogP contribution is -1.82. The molecule has 0 aliphatic carbocycles. The molecule has 2 aromatic rings. The van der Waals surface area contributed by atoms with Crippen molar-refractivity contribution in [2.45, 2.75) is 0 Å². The molecule has 2 heterocycles. The van der Waals surface area contributed by atoms with E-state index < -0.39 is 0 Å². The lowest BCUT2D eigenvalue weighted by atomic mass is 10.1. The Balaban J connectivity index is 2.53. The van der Waals surface area contributed by atoms with Crippen molar-refractivity contribution >= 4 is 70.3 Å². The molecule has 0 N–H and O–H groups in total.